The van der Waals surface area contributed by atoms with Crippen molar-refractivity contribution in [3.05, 3.63) is 60.7 Å². The molecule has 0 unspecified atom stereocenters. The molecule has 1 aliphatic heterocycles. The number of hydrogen-bond acceptors (Lipinski definition) is 5. The summed E-state index contributed by atoms with van der Waals surface area (Å²) in [7, 11) is 0.340. The first-order valence-corrected chi connectivity index (χ1v) is 16.2. The predicted molar refractivity (Wildman–Crippen MR) is 147 cm³/mol. The Morgan fingerprint density at radius 2 is 1.69 bits per heavy atom. The van der Waals surface area contributed by atoms with Crippen molar-refractivity contribution >= 4 is 20.8 Å². The highest BCUT2D eigenvalue weighted by molar-refractivity contribution is 7.99. The third kappa shape index (κ3) is 6.46. The van der Waals surface area contributed by atoms with Gasteiger partial charge in [0.2, 0.25) is 0 Å². The Balaban J connectivity index is 1.58. The Labute approximate surface area is 215 Å². The normalized spacial score (nSPS) is 23.1. The minimum Gasteiger partial charge on any atom is -0.373 e. The van der Waals surface area contributed by atoms with Crippen LogP contribution in [0.2, 0.25) is 13.1 Å². The number of thioether (sulfide) groups is 1. The molecule has 1 aromatic heterocycles. The summed E-state index contributed by atoms with van der Waals surface area (Å²) >= 11 is 1.70. The van der Waals surface area contributed by atoms with Crippen LogP contribution >= 0.6 is 11.8 Å². The fourth-order valence-electron chi connectivity index (χ4n) is 4.64. The summed E-state index contributed by atoms with van der Waals surface area (Å²) < 4.78 is 18.7. The predicted octanol–water partition coefficient (Wildman–Crippen LogP) is 6.98. The van der Waals surface area contributed by atoms with Gasteiger partial charge in [0.25, 0.3) is 5.97 Å². The van der Waals surface area contributed by atoms with Crippen molar-refractivity contribution in [2.24, 2.45) is 11.3 Å². The van der Waals surface area contributed by atoms with Gasteiger partial charge in [0.05, 0.1) is 17.5 Å². The molecule has 3 aromatic rings. The molecule has 2 aromatic carbocycles. The van der Waals surface area contributed by atoms with E-state index in [2.05, 4.69) is 87.4 Å². The van der Waals surface area contributed by atoms with E-state index in [1.807, 2.05) is 12.1 Å². The number of H-pyrrole nitrogens is 1. The number of ether oxygens (including phenoxy) is 2. The van der Waals surface area contributed by atoms with E-state index in [9.17, 15) is 0 Å². The fourth-order valence-corrected chi connectivity index (χ4v) is 6.48. The lowest BCUT2D eigenvalue weighted by Gasteiger charge is -2.47. The molecule has 1 aliphatic rings. The van der Waals surface area contributed by atoms with E-state index in [0.717, 1.165) is 46.3 Å². The first kappa shape index (κ1) is 26.2. The second-order valence-corrected chi connectivity index (χ2v) is 13.9. The quantitative estimate of drug-likeness (QED) is 0.201. The lowest BCUT2D eigenvalue weighted by Crippen LogP contribution is -2.52. The summed E-state index contributed by atoms with van der Waals surface area (Å²) in [5.41, 5.74) is 4.38. The van der Waals surface area contributed by atoms with E-state index in [1.54, 1.807) is 18.9 Å². The van der Waals surface area contributed by atoms with E-state index < -0.39 is 15.0 Å². The molecule has 1 N–H and O–H groups in total. The molecule has 0 aliphatic carbocycles. The zero-order valence-corrected chi connectivity index (χ0v) is 23.7. The Kier molecular flexibility index (Phi) is 8.23. The highest BCUT2D eigenvalue weighted by Crippen LogP contribution is 2.44. The molecule has 0 saturated carbocycles. The maximum Gasteiger partial charge on any atom is 0.273 e. The average molecular weight is 511 g/mol. The number of nitrogens with one attached hydrogen (secondary N) is 1. The molecule has 0 radical (unpaired) electrons. The van der Waals surface area contributed by atoms with Gasteiger partial charge in [-0.15, -0.1) is 0 Å². The molecule has 0 spiro atoms. The third-order valence-corrected chi connectivity index (χ3v) is 8.37. The fraction of sp³-hybridized carbons (Fsp3) is 0.464. The van der Waals surface area contributed by atoms with Crippen molar-refractivity contribution in [2.75, 3.05) is 12.9 Å². The van der Waals surface area contributed by atoms with Gasteiger partial charge < -0.3 is 18.9 Å². The molecule has 188 valence electrons. The lowest BCUT2D eigenvalue weighted by molar-refractivity contribution is -0.377. The van der Waals surface area contributed by atoms with Gasteiger partial charge in [-0.3, -0.25) is 0 Å². The van der Waals surface area contributed by atoms with Crippen LogP contribution in [0.25, 0.3) is 22.5 Å². The van der Waals surface area contributed by atoms with E-state index in [4.69, 9.17) is 18.9 Å². The highest BCUT2D eigenvalue weighted by atomic mass is 32.2. The second-order valence-electron chi connectivity index (χ2n) is 10.6. The summed E-state index contributed by atoms with van der Waals surface area (Å²) in [4.78, 5) is 8.60. The van der Waals surface area contributed by atoms with Gasteiger partial charge in [-0.25, -0.2) is 4.98 Å². The third-order valence-electron chi connectivity index (χ3n) is 6.54. The Morgan fingerprint density at radius 3 is 2.26 bits per heavy atom. The zero-order valence-electron chi connectivity index (χ0n) is 21.7. The summed E-state index contributed by atoms with van der Waals surface area (Å²) in [5, 5.41) is 0.895. The average Bonchev–Trinajstić information content (AvgIpc) is 3.27. The molecule has 0 bridgehead atoms. The van der Waals surface area contributed by atoms with E-state index in [-0.39, 0.29) is 11.5 Å². The Bertz CT molecular complexity index is 1030. The van der Waals surface area contributed by atoms with E-state index >= 15 is 0 Å². The van der Waals surface area contributed by atoms with Gasteiger partial charge in [0, 0.05) is 30.4 Å². The van der Waals surface area contributed by atoms with Crippen LogP contribution in [0.5, 0.6) is 0 Å². The number of hydrogen-bond donors (Lipinski definition) is 1. The van der Waals surface area contributed by atoms with Crippen LogP contribution < -0.4 is 0 Å². The summed E-state index contributed by atoms with van der Waals surface area (Å²) in [6.45, 7) is 11.2. The first-order valence-electron chi connectivity index (χ1n) is 12.4. The van der Waals surface area contributed by atoms with Crippen LogP contribution in [-0.4, -0.2) is 43.9 Å². The molecule has 1 saturated heterocycles. The van der Waals surface area contributed by atoms with Crippen molar-refractivity contribution in [3.63, 3.8) is 0 Å². The van der Waals surface area contributed by atoms with Crippen LogP contribution in [0.15, 0.2) is 65.8 Å². The van der Waals surface area contributed by atoms with Crippen LogP contribution in [0, 0.1) is 11.3 Å². The molecule has 0 amide bonds. The maximum absolute atomic E-state index is 6.52. The van der Waals surface area contributed by atoms with Crippen LogP contribution in [-0.2, 0) is 13.9 Å². The largest absolute Gasteiger partial charge is 0.373 e. The number of imidazole rings is 1. The molecular weight excluding hydrogens is 472 g/mol. The molecule has 35 heavy (non-hydrogen) atoms. The van der Waals surface area contributed by atoms with E-state index in [0.29, 0.717) is 5.92 Å². The molecule has 2 heterocycles. The van der Waals surface area contributed by atoms with Crippen molar-refractivity contribution in [1.29, 1.82) is 0 Å². The van der Waals surface area contributed by atoms with Gasteiger partial charge in [0.15, 0.2) is 14.2 Å². The summed E-state index contributed by atoms with van der Waals surface area (Å²) in [5.74, 6) is 0.261. The lowest BCUT2D eigenvalue weighted by atomic mass is 9.74. The van der Waals surface area contributed by atoms with Crippen LogP contribution in [0.1, 0.15) is 33.6 Å². The number of benzene rings is 2. The zero-order chi connectivity index (χ0) is 25.1. The van der Waals surface area contributed by atoms with Crippen molar-refractivity contribution in [2.45, 2.75) is 63.9 Å². The van der Waals surface area contributed by atoms with Gasteiger partial charge >= 0.3 is 0 Å². The second kappa shape index (κ2) is 11.0. The Hall–Kier alpha value is -1.90. The summed E-state index contributed by atoms with van der Waals surface area (Å²) in [6.07, 6.45) is 1.75. The maximum atomic E-state index is 6.52. The minimum atomic E-state index is -1.37. The monoisotopic (exact) mass is 510 g/mol. The molecule has 3 atom stereocenters. The first-order chi connectivity index (χ1) is 16.7. The topological polar surface area (TPSA) is 56.4 Å². The molecule has 4 rings (SSSR count). The van der Waals surface area contributed by atoms with Gasteiger partial charge in [-0.1, -0.05) is 93.2 Å². The summed E-state index contributed by atoms with van der Waals surface area (Å²) in [6, 6.07) is 20.7. The Morgan fingerprint density at radius 1 is 1.06 bits per heavy atom. The molecule has 1 fully saturated rings. The van der Waals surface area contributed by atoms with Crippen molar-refractivity contribution in [1.82, 2.24) is 9.97 Å². The molecule has 5 nitrogen and oxygen atoms in total. The number of nitrogens with zero attached hydrogens (tertiary/aromatic N) is 1. The van der Waals surface area contributed by atoms with Crippen LogP contribution in [0.4, 0.5) is 0 Å². The number of aromatic amines is 1. The number of rotatable bonds is 8. The van der Waals surface area contributed by atoms with Gasteiger partial charge in [-0.05, 0) is 30.8 Å². The van der Waals surface area contributed by atoms with Crippen molar-refractivity contribution < 1.29 is 13.9 Å². The molecular formula is C28H38N2O3SSi. The molecule has 7 heteroatoms. The minimum absolute atomic E-state index is 0.0103. The van der Waals surface area contributed by atoms with Gasteiger partial charge in [-0.2, -0.15) is 0 Å². The number of aromatic nitrogens is 2. The number of methoxy groups -OCH3 is 1. The smallest absolute Gasteiger partial charge is 0.273 e. The van der Waals surface area contributed by atoms with Crippen LogP contribution in [0.3, 0.4) is 0 Å². The van der Waals surface area contributed by atoms with Crippen molar-refractivity contribution in [3.8, 4) is 22.5 Å². The SMILES string of the molecule is CO[C@@]1(O[SiH](C)C)C[C@H](C(C)(C)C)C[C@@H](CSc2nc(-c3ccccc3)c(-c3ccccc3)[nH]2)O1. The van der Waals surface area contributed by atoms with E-state index in [1.165, 1.54) is 0 Å². The van der Waals surface area contributed by atoms with Gasteiger partial charge in [0.1, 0.15) is 0 Å². The highest BCUT2D eigenvalue weighted by Gasteiger charge is 2.47. The standard InChI is InChI=1S/C28H38N2O3SSi/c1-27(2,3)22-17-23(32-28(18-22,31-4)33-35(5)6)19-34-26-29-24(20-13-9-7-10-14-20)25(30-26)21-15-11-8-12-16-21/h7-16,22-23,35H,17-19H2,1-6H3,(H,29,30)/t22-,23+,28+/m1/s1.